The second-order valence-corrected chi connectivity index (χ2v) is 8.23. The first-order valence-electron chi connectivity index (χ1n) is 11.6. The van der Waals surface area contributed by atoms with Crippen LogP contribution in [0.25, 0.3) is 22.4 Å². The highest BCUT2D eigenvalue weighted by Gasteiger charge is 2.15. The Morgan fingerprint density at radius 1 is 0.694 bits per heavy atom. The summed E-state index contributed by atoms with van der Waals surface area (Å²) in [6.07, 6.45) is 4.06. The van der Waals surface area contributed by atoms with Crippen LogP contribution in [0.1, 0.15) is 5.56 Å². The molecule has 0 atom stereocenters. The molecular formula is C30H24F2N2O2. The number of hydrogen-bond donors (Lipinski definition) is 0. The Kier molecular flexibility index (Phi) is 7.03. The van der Waals surface area contributed by atoms with Gasteiger partial charge in [0.15, 0.2) is 0 Å². The van der Waals surface area contributed by atoms with Gasteiger partial charge in [-0.2, -0.15) is 0 Å². The van der Waals surface area contributed by atoms with Gasteiger partial charge in [-0.05, 0) is 48.0 Å². The molecule has 2 aromatic heterocycles. The van der Waals surface area contributed by atoms with E-state index in [1.54, 1.807) is 12.1 Å². The summed E-state index contributed by atoms with van der Waals surface area (Å²) < 4.78 is 41.7. The van der Waals surface area contributed by atoms with Crippen LogP contribution in [0.4, 0.5) is 8.78 Å². The van der Waals surface area contributed by atoms with Gasteiger partial charge in [-0.25, -0.2) is 13.8 Å². The van der Waals surface area contributed by atoms with Crippen LogP contribution in [0.2, 0.25) is 0 Å². The molecule has 0 saturated heterocycles. The van der Waals surface area contributed by atoms with E-state index in [0.29, 0.717) is 23.7 Å². The molecule has 2 heterocycles. The Hall–Kier alpha value is -4.45. The zero-order valence-electron chi connectivity index (χ0n) is 19.5. The Morgan fingerprint density at radius 3 is 2.17 bits per heavy atom. The van der Waals surface area contributed by atoms with Gasteiger partial charge in [0, 0.05) is 47.8 Å². The molecule has 5 aromatic rings. The van der Waals surface area contributed by atoms with E-state index in [1.807, 2.05) is 79.1 Å². The molecule has 0 aliphatic heterocycles. The van der Waals surface area contributed by atoms with Crippen LogP contribution >= 0.6 is 0 Å². The maximum atomic E-state index is 14.5. The lowest BCUT2D eigenvalue weighted by atomic mass is 9.99. The maximum absolute atomic E-state index is 14.5. The Balaban J connectivity index is 1.25. The molecule has 4 nitrogen and oxygen atoms in total. The van der Waals surface area contributed by atoms with Gasteiger partial charge in [-0.3, -0.25) is 0 Å². The number of nitrogens with zero attached hydrogens (tertiary/aromatic N) is 2. The van der Waals surface area contributed by atoms with Crippen LogP contribution in [0.15, 0.2) is 109 Å². The summed E-state index contributed by atoms with van der Waals surface area (Å²) in [5.41, 5.74) is 3.38. The molecule has 0 saturated carbocycles. The van der Waals surface area contributed by atoms with Gasteiger partial charge in [-0.1, -0.05) is 42.5 Å². The minimum Gasteiger partial charge on any atom is -0.490 e. The molecule has 0 amide bonds. The van der Waals surface area contributed by atoms with Crippen LogP contribution in [0, 0.1) is 11.6 Å². The van der Waals surface area contributed by atoms with E-state index in [0.717, 1.165) is 23.9 Å². The summed E-state index contributed by atoms with van der Waals surface area (Å²) in [4.78, 5) is 4.63. The SMILES string of the molecule is Fc1ccc(-c2ccc(OCCOc3ccc(Cn4cccc4)cc3)nc2-c2ccccc2)c(F)c1. The first-order chi connectivity index (χ1) is 17.7. The van der Waals surface area contributed by atoms with Crippen molar-refractivity contribution in [1.29, 1.82) is 0 Å². The summed E-state index contributed by atoms with van der Waals surface area (Å²) >= 11 is 0. The summed E-state index contributed by atoms with van der Waals surface area (Å²) in [5.74, 6) is -0.114. The normalized spacial score (nSPS) is 10.8. The van der Waals surface area contributed by atoms with Gasteiger partial charge in [0.25, 0.3) is 0 Å². The molecule has 0 aliphatic carbocycles. The molecule has 5 rings (SSSR count). The zero-order chi connectivity index (χ0) is 24.7. The van der Waals surface area contributed by atoms with Crippen LogP contribution in [-0.4, -0.2) is 22.8 Å². The smallest absolute Gasteiger partial charge is 0.213 e. The standard InChI is InChI=1S/C30H24F2N2O2/c31-24-10-13-26(28(32)20-24)27-14-15-29(33-30(27)23-6-2-1-3-7-23)36-19-18-35-25-11-8-22(9-12-25)21-34-16-4-5-17-34/h1-17,20H,18-19,21H2. The Morgan fingerprint density at radius 2 is 1.42 bits per heavy atom. The summed E-state index contributed by atoms with van der Waals surface area (Å²) in [6, 6.07) is 28.4. The van der Waals surface area contributed by atoms with Gasteiger partial charge in [0.1, 0.15) is 30.6 Å². The molecule has 0 spiro atoms. The van der Waals surface area contributed by atoms with Gasteiger partial charge in [-0.15, -0.1) is 0 Å². The highest BCUT2D eigenvalue weighted by molar-refractivity contribution is 5.81. The zero-order valence-corrected chi connectivity index (χ0v) is 19.5. The average Bonchev–Trinajstić information content (AvgIpc) is 3.41. The molecule has 6 heteroatoms. The van der Waals surface area contributed by atoms with Gasteiger partial charge in [0.2, 0.25) is 5.88 Å². The molecule has 180 valence electrons. The topological polar surface area (TPSA) is 36.3 Å². The molecule has 0 fully saturated rings. The third-order valence-corrected chi connectivity index (χ3v) is 5.69. The molecule has 3 aromatic carbocycles. The van der Waals surface area contributed by atoms with Crippen molar-refractivity contribution in [2.45, 2.75) is 6.54 Å². The number of hydrogen-bond acceptors (Lipinski definition) is 3. The predicted octanol–water partition coefficient (Wildman–Crippen LogP) is 7.00. The fourth-order valence-corrected chi connectivity index (χ4v) is 3.95. The van der Waals surface area contributed by atoms with Crippen molar-refractivity contribution in [1.82, 2.24) is 9.55 Å². The first-order valence-corrected chi connectivity index (χ1v) is 11.6. The van der Waals surface area contributed by atoms with E-state index in [2.05, 4.69) is 9.55 Å². The lowest BCUT2D eigenvalue weighted by Gasteiger charge is -2.13. The van der Waals surface area contributed by atoms with E-state index in [9.17, 15) is 8.78 Å². The fourth-order valence-electron chi connectivity index (χ4n) is 3.95. The van der Waals surface area contributed by atoms with Crippen molar-refractivity contribution in [2.24, 2.45) is 0 Å². The van der Waals surface area contributed by atoms with Crippen LogP contribution in [0.5, 0.6) is 11.6 Å². The monoisotopic (exact) mass is 482 g/mol. The van der Waals surface area contributed by atoms with E-state index < -0.39 is 11.6 Å². The quantitative estimate of drug-likeness (QED) is 0.212. The van der Waals surface area contributed by atoms with E-state index in [4.69, 9.17) is 9.47 Å². The first kappa shape index (κ1) is 23.3. The van der Waals surface area contributed by atoms with Crippen molar-refractivity contribution < 1.29 is 18.3 Å². The fraction of sp³-hybridized carbons (Fsp3) is 0.100. The minimum atomic E-state index is -0.643. The summed E-state index contributed by atoms with van der Waals surface area (Å²) in [6.45, 7) is 1.44. The number of pyridine rings is 1. The number of benzene rings is 3. The Bertz CT molecular complexity index is 1420. The van der Waals surface area contributed by atoms with Crippen LogP contribution in [0.3, 0.4) is 0 Å². The molecule has 0 radical (unpaired) electrons. The van der Waals surface area contributed by atoms with Crippen molar-refractivity contribution in [3.05, 3.63) is 127 Å². The second kappa shape index (κ2) is 10.9. The molecular weight excluding hydrogens is 458 g/mol. The lowest BCUT2D eigenvalue weighted by Crippen LogP contribution is -2.10. The van der Waals surface area contributed by atoms with Crippen molar-refractivity contribution in [3.63, 3.8) is 0 Å². The number of aromatic nitrogens is 2. The van der Waals surface area contributed by atoms with Gasteiger partial charge in [0.05, 0.1) is 5.69 Å². The van der Waals surface area contributed by atoms with E-state index in [1.165, 1.54) is 17.7 Å². The Labute approximate surface area is 208 Å². The minimum absolute atomic E-state index is 0.276. The third-order valence-electron chi connectivity index (χ3n) is 5.69. The number of ether oxygens (including phenoxy) is 2. The molecule has 0 N–H and O–H groups in total. The van der Waals surface area contributed by atoms with Crippen molar-refractivity contribution in [2.75, 3.05) is 13.2 Å². The predicted molar refractivity (Wildman–Crippen MR) is 136 cm³/mol. The van der Waals surface area contributed by atoms with Crippen LogP contribution in [-0.2, 0) is 6.54 Å². The van der Waals surface area contributed by atoms with Gasteiger partial charge >= 0.3 is 0 Å². The van der Waals surface area contributed by atoms with Crippen molar-refractivity contribution >= 4 is 0 Å². The highest BCUT2D eigenvalue weighted by atomic mass is 19.1. The average molecular weight is 483 g/mol. The molecule has 0 aliphatic rings. The number of halogens is 2. The van der Waals surface area contributed by atoms with E-state index >= 15 is 0 Å². The molecule has 0 unspecified atom stereocenters. The van der Waals surface area contributed by atoms with Gasteiger partial charge < -0.3 is 14.0 Å². The molecule has 36 heavy (non-hydrogen) atoms. The largest absolute Gasteiger partial charge is 0.490 e. The maximum Gasteiger partial charge on any atom is 0.213 e. The number of rotatable bonds is 9. The van der Waals surface area contributed by atoms with E-state index in [-0.39, 0.29) is 12.2 Å². The second-order valence-electron chi connectivity index (χ2n) is 8.23. The van der Waals surface area contributed by atoms with Crippen molar-refractivity contribution in [3.8, 4) is 34.0 Å². The van der Waals surface area contributed by atoms with Crippen LogP contribution < -0.4 is 9.47 Å². The highest BCUT2D eigenvalue weighted by Crippen LogP contribution is 2.34. The summed E-state index contributed by atoms with van der Waals surface area (Å²) in [7, 11) is 0. The third kappa shape index (κ3) is 5.61. The molecule has 0 bridgehead atoms. The summed E-state index contributed by atoms with van der Waals surface area (Å²) in [5, 5.41) is 0. The lowest BCUT2D eigenvalue weighted by molar-refractivity contribution is 0.212.